The maximum atomic E-state index is 3.61. The van der Waals surface area contributed by atoms with E-state index in [-0.39, 0.29) is 0 Å². The molecule has 0 aliphatic carbocycles. The summed E-state index contributed by atoms with van der Waals surface area (Å²) < 4.78 is 0. The van der Waals surface area contributed by atoms with Gasteiger partial charge >= 0.3 is 0 Å². The van der Waals surface area contributed by atoms with Gasteiger partial charge in [-0.15, -0.1) is 0 Å². The molecule has 0 aromatic heterocycles. The summed E-state index contributed by atoms with van der Waals surface area (Å²) in [5, 5.41) is 3.61. The average Bonchev–Trinajstić information content (AvgIpc) is 2.91. The largest absolute Gasteiger partial charge is 0.369 e. The topological polar surface area (TPSA) is 15.3 Å². The molecule has 0 saturated carbocycles. The highest BCUT2D eigenvalue weighted by Crippen LogP contribution is 2.29. The SMILES string of the molecule is CCNC(CN1CCc2ccccc21)c1ccccc1. The van der Waals surface area contributed by atoms with E-state index in [9.17, 15) is 0 Å². The van der Waals surface area contributed by atoms with Gasteiger partial charge in [0.15, 0.2) is 0 Å². The van der Waals surface area contributed by atoms with Gasteiger partial charge < -0.3 is 10.2 Å². The fourth-order valence-corrected chi connectivity index (χ4v) is 3.04. The second kappa shape index (κ2) is 6.10. The molecule has 0 bridgehead atoms. The van der Waals surface area contributed by atoms with Crippen LogP contribution in [-0.2, 0) is 6.42 Å². The van der Waals surface area contributed by atoms with Crippen molar-refractivity contribution >= 4 is 5.69 Å². The van der Waals surface area contributed by atoms with Crippen molar-refractivity contribution < 1.29 is 0 Å². The van der Waals surface area contributed by atoms with Crippen molar-refractivity contribution in [2.75, 3.05) is 24.5 Å². The van der Waals surface area contributed by atoms with E-state index in [4.69, 9.17) is 0 Å². The molecule has 0 amide bonds. The number of benzene rings is 2. The predicted molar refractivity (Wildman–Crippen MR) is 85.2 cm³/mol. The summed E-state index contributed by atoms with van der Waals surface area (Å²) in [6, 6.07) is 19.9. The number of likely N-dealkylation sites (N-methyl/N-ethyl adjacent to an activating group) is 1. The van der Waals surface area contributed by atoms with Gasteiger partial charge in [0.25, 0.3) is 0 Å². The molecule has 20 heavy (non-hydrogen) atoms. The van der Waals surface area contributed by atoms with Crippen LogP contribution in [0.15, 0.2) is 54.6 Å². The summed E-state index contributed by atoms with van der Waals surface area (Å²) in [4.78, 5) is 2.51. The van der Waals surface area contributed by atoms with E-state index in [2.05, 4.69) is 71.7 Å². The van der Waals surface area contributed by atoms with Gasteiger partial charge in [-0.05, 0) is 30.2 Å². The van der Waals surface area contributed by atoms with Gasteiger partial charge in [0.05, 0.1) is 0 Å². The lowest BCUT2D eigenvalue weighted by Gasteiger charge is -2.27. The summed E-state index contributed by atoms with van der Waals surface area (Å²) in [6.07, 6.45) is 1.17. The molecule has 1 unspecified atom stereocenters. The second-order valence-electron chi connectivity index (χ2n) is 5.35. The maximum Gasteiger partial charge on any atom is 0.0498 e. The Bertz CT molecular complexity index is 550. The molecule has 2 nitrogen and oxygen atoms in total. The van der Waals surface area contributed by atoms with Gasteiger partial charge in [0.2, 0.25) is 0 Å². The minimum Gasteiger partial charge on any atom is -0.369 e. The highest BCUT2D eigenvalue weighted by Gasteiger charge is 2.21. The summed E-state index contributed by atoms with van der Waals surface area (Å²) in [6.45, 7) is 5.34. The quantitative estimate of drug-likeness (QED) is 0.892. The van der Waals surface area contributed by atoms with Gasteiger partial charge in [-0.25, -0.2) is 0 Å². The first kappa shape index (κ1) is 13.2. The van der Waals surface area contributed by atoms with Crippen LogP contribution >= 0.6 is 0 Å². The Balaban J connectivity index is 1.78. The van der Waals surface area contributed by atoms with Crippen LogP contribution in [-0.4, -0.2) is 19.6 Å². The zero-order valence-electron chi connectivity index (χ0n) is 12.0. The average molecular weight is 266 g/mol. The minimum absolute atomic E-state index is 0.396. The molecule has 104 valence electrons. The number of anilines is 1. The van der Waals surface area contributed by atoms with E-state index in [1.165, 1.54) is 23.2 Å². The fourth-order valence-electron chi connectivity index (χ4n) is 3.04. The summed E-state index contributed by atoms with van der Waals surface area (Å²) >= 11 is 0. The smallest absolute Gasteiger partial charge is 0.0498 e. The third-order valence-corrected chi connectivity index (χ3v) is 4.04. The lowest BCUT2D eigenvalue weighted by Crippen LogP contribution is -2.34. The second-order valence-corrected chi connectivity index (χ2v) is 5.35. The van der Waals surface area contributed by atoms with Crippen LogP contribution in [0.3, 0.4) is 0 Å². The van der Waals surface area contributed by atoms with Gasteiger partial charge in [-0.3, -0.25) is 0 Å². The third-order valence-electron chi connectivity index (χ3n) is 4.04. The maximum absolute atomic E-state index is 3.61. The molecular formula is C18H22N2. The summed E-state index contributed by atoms with van der Waals surface area (Å²) in [5.74, 6) is 0. The number of para-hydroxylation sites is 1. The lowest BCUT2D eigenvalue weighted by atomic mass is 10.1. The fraction of sp³-hybridized carbons (Fsp3) is 0.333. The van der Waals surface area contributed by atoms with Gasteiger partial charge in [-0.1, -0.05) is 55.5 Å². The zero-order chi connectivity index (χ0) is 13.8. The van der Waals surface area contributed by atoms with Crippen LogP contribution < -0.4 is 10.2 Å². The van der Waals surface area contributed by atoms with Crippen molar-refractivity contribution in [3.63, 3.8) is 0 Å². The number of fused-ring (bicyclic) bond motifs is 1. The van der Waals surface area contributed by atoms with Crippen LogP contribution in [0.5, 0.6) is 0 Å². The monoisotopic (exact) mass is 266 g/mol. The van der Waals surface area contributed by atoms with Crippen molar-refractivity contribution in [1.29, 1.82) is 0 Å². The van der Waals surface area contributed by atoms with Crippen molar-refractivity contribution in [2.24, 2.45) is 0 Å². The van der Waals surface area contributed by atoms with Crippen LogP contribution in [0.4, 0.5) is 5.69 Å². The van der Waals surface area contributed by atoms with Crippen molar-refractivity contribution in [3.8, 4) is 0 Å². The molecule has 1 N–H and O–H groups in total. The first-order valence-corrected chi connectivity index (χ1v) is 7.49. The molecule has 2 aromatic carbocycles. The number of rotatable bonds is 5. The molecule has 1 aliphatic heterocycles. The Morgan fingerprint density at radius 2 is 1.80 bits per heavy atom. The molecule has 1 aliphatic rings. The Labute approximate surface area is 121 Å². The van der Waals surface area contributed by atoms with Crippen LogP contribution in [0.25, 0.3) is 0 Å². The normalized spacial score (nSPS) is 15.2. The highest BCUT2D eigenvalue weighted by molar-refractivity contribution is 5.58. The lowest BCUT2D eigenvalue weighted by molar-refractivity contribution is 0.543. The molecule has 0 saturated heterocycles. The summed E-state index contributed by atoms with van der Waals surface area (Å²) in [5.41, 5.74) is 4.26. The standard InChI is InChI=1S/C18H22N2/c1-2-19-17(15-8-4-3-5-9-15)14-20-13-12-16-10-6-7-11-18(16)20/h3-11,17,19H,2,12-14H2,1H3. The number of nitrogens with one attached hydrogen (secondary N) is 1. The molecule has 3 rings (SSSR count). The molecule has 2 aromatic rings. The van der Waals surface area contributed by atoms with Crippen molar-refractivity contribution in [3.05, 3.63) is 65.7 Å². The molecular weight excluding hydrogens is 244 g/mol. The number of hydrogen-bond donors (Lipinski definition) is 1. The van der Waals surface area contributed by atoms with E-state index >= 15 is 0 Å². The van der Waals surface area contributed by atoms with Crippen LogP contribution in [0.2, 0.25) is 0 Å². The number of nitrogens with zero attached hydrogens (tertiary/aromatic N) is 1. The molecule has 0 radical (unpaired) electrons. The Kier molecular flexibility index (Phi) is 4.03. The van der Waals surface area contributed by atoms with E-state index in [0.717, 1.165) is 19.6 Å². The Morgan fingerprint density at radius 1 is 1.05 bits per heavy atom. The van der Waals surface area contributed by atoms with E-state index in [0.29, 0.717) is 6.04 Å². The molecule has 0 fully saturated rings. The van der Waals surface area contributed by atoms with Gasteiger partial charge in [0, 0.05) is 24.8 Å². The third kappa shape index (κ3) is 2.70. The Hall–Kier alpha value is -1.80. The van der Waals surface area contributed by atoms with Crippen molar-refractivity contribution in [1.82, 2.24) is 5.32 Å². The van der Waals surface area contributed by atoms with E-state index < -0.39 is 0 Å². The van der Waals surface area contributed by atoms with E-state index in [1.807, 2.05) is 0 Å². The minimum atomic E-state index is 0.396. The zero-order valence-corrected chi connectivity index (χ0v) is 12.0. The Morgan fingerprint density at radius 3 is 2.60 bits per heavy atom. The van der Waals surface area contributed by atoms with E-state index in [1.54, 1.807) is 0 Å². The highest BCUT2D eigenvalue weighted by atomic mass is 15.2. The predicted octanol–water partition coefficient (Wildman–Crippen LogP) is 3.40. The van der Waals surface area contributed by atoms with Crippen LogP contribution in [0, 0.1) is 0 Å². The first-order chi connectivity index (χ1) is 9.88. The molecule has 1 atom stereocenters. The van der Waals surface area contributed by atoms with Gasteiger partial charge in [0.1, 0.15) is 0 Å². The number of hydrogen-bond acceptors (Lipinski definition) is 2. The van der Waals surface area contributed by atoms with Gasteiger partial charge in [-0.2, -0.15) is 0 Å². The molecule has 0 spiro atoms. The van der Waals surface area contributed by atoms with Crippen LogP contribution in [0.1, 0.15) is 24.1 Å². The first-order valence-electron chi connectivity index (χ1n) is 7.49. The summed E-state index contributed by atoms with van der Waals surface area (Å²) in [7, 11) is 0. The molecule has 2 heteroatoms. The molecule has 1 heterocycles. The van der Waals surface area contributed by atoms with Crippen molar-refractivity contribution in [2.45, 2.75) is 19.4 Å².